The summed E-state index contributed by atoms with van der Waals surface area (Å²) in [5.41, 5.74) is 2.37. The Morgan fingerprint density at radius 3 is 2.40 bits per heavy atom. The van der Waals surface area contributed by atoms with E-state index in [-0.39, 0.29) is 0 Å². The lowest BCUT2D eigenvalue weighted by Gasteiger charge is -2.24. The summed E-state index contributed by atoms with van der Waals surface area (Å²) < 4.78 is 0. The lowest BCUT2D eigenvalue weighted by Crippen LogP contribution is -2.21. The molecule has 0 fully saturated rings. The van der Waals surface area contributed by atoms with Gasteiger partial charge in [-0.25, -0.2) is 0 Å². The molecule has 0 saturated carbocycles. The van der Waals surface area contributed by atoms with Crippen LogP contribution >= 0.6 is 0 Å². The van der Waals surface area contributed by atoms with Gasteiger partial charge in [-0.2, -0.15) is 0 Å². The van der Waals surface area contributed by atoms with E-state index < -0.39 is 0 Å². The second-order valence-electron chi connectivity index (χ2n) is 3.93. The number of hydrogen-bond donors (Lipinski definition) is 0. The van der Waals surface area contributed by atoms with Crippen molar-refractivity contribution >= 4 is 5.69 Å². The van der Waals surface area contributed by atoms with E-state index in [1.165, 1.54) is 24.9 Å². The molecule has 82 valence electrons. The molecule has 0 N–H and O–H groups in total. The lowest BCUT2D eigenvalue weighted by molar-refractivity contribution is 0.706. The Bertz CT molecular complexity index is 289. The first kappa shape index (κ1) is 11.8. The van der Waals surface area contributed by atoms with Crippen LogP contribution in [0.3, 0.4) is 0 Å². The van der Waals surface area contributed by atoms with Crippen LogP contribution in [0.5, 0.6) is 0 Å². The fourth-order valence-corrected chi connectivity index (χ4v) is 1.67. The Kier molecular flexibility index (Phi) is 4.96. The van der Waals surface area contributed by atoms with Crippen LogP contribution in [0.1, 0.15) is 33.1 Å². The number of hydrogen-bond acceptors (Lipinski definition) is 1. The maximum Gasteiger partial charge on any atom is 0.0407 e. The minimum absolute atomic E-state index is 1.08. The molecule has 0 heterocycles. The highest BCUT2D eigenvalue weighted by Crippen LogP contribution is 2.18. The molecule has 0 spiro atoms. The Morgan fingerprint density at radius 1 is 1.20 bits per heavy atom. The van der Waals surface area contributed by atoms with Gasteiger partial charge >= 0.3 is 0 Å². The van der Waals surface area contributed by atoms with E-state index in [0.717, 1.165) is 12.2 Å². The van der Waals surface area contributed by atoms with Crippen molar-refractivity contribution in [3.05, 3.63) is 42.6 Å². The van der Waals surface area contributed by atoms with Gasteiger partial charge in [-0.3, -0.25) is 0 Å². The van der Waals surface area contributed by atoms with Crippen LogP contribution in [0.25, 0.3) is 0 Å². The zero-order valence-corrected chi connectivity index (χ0v) is 9.87. The number of anilines is 1. The Balaban J connectivity index is 2.62. The fraction of sp³-hybridized carbons (Fsp3) is 0.429. The van der Waals surface area contributed by atoms with Crippen LogP contribution in [-0.4, -0.2) is 6.54 Å². The first-order chi connectivity index (χ1) is 7.25. The van der Waals surface area contributed by atoms with Crippen LogP contribution in [0.4, 0.5) is 5.69 Å². The number of allylic oxidation sites excluding steroid dienone is 1. The van der Waals surface area contributed by atoms with Crippen LogP contribution in [0, 0.1) is 0 Å². The molecule has 1 aromatic rings. The Hall–Kier alpha value is -1.24. The summed E-state index contributed by atoms with van der Waals surface area (Å²) >= 11 is 0. The first-order valence-electron chi connectivity index (χ1n) is 5.73. The molecule has 0 atom stereocenters. The SMILES string of the molecule is C=C(C)N(CCCCC)c1ccccc1. The first-order valence-corrected chi connectivity index (χ1v) is 5.73. The number of para-hydroxylation sites is 1. The average molecular weight is 203 g/mol. The van der Waals surface area contributed by atoms with Gasteiger partial charge in [0.25, 0.3) is 0 Å². The molecule has 1 nitrogen and oxygen atoms in total. The summed E-state index contributed by atoms with van der Waals surface area (Å²) in [6.07, 6.45) is 3.79. The summed E-state index contributed by atoms with van der Waals surface area (Å²) in [5.74, 6) is 0. The van der Waals surface area contributed by atoms with E-state index in [9.17, 15) is 0 Å². The second kappa shape index (κ2) is 6.28. The monoisotopic (exact) mass is 203 g/mol. The zero-order chi connectivity index (χ0) is 11.1. The minimum Gasteiger partial charge on any atom is -0.346 e. The fourth-order valence-electron chi connectivity index (χ4n) is 1.67. The van der Waals surface area contributed by atoms with Gasteiger partial charge in [0.05, 0.1) is 0 Å². The Labute approximate surface area is 93.4 Å². The quantitative estimate of drug-likeness (QED) is 0.626. The minimum atomic E-state index is 1.08. The maximum absolute atomic E-state index is 4.04. The molecule has 0 saturated heterocycles. The molecular formula is C14H21N. The van der Waals surface area contributed by atoms with Crippen LogP contribution in [0.15, 0.2) is 42.6 Å². The summed E-state index contributed by atoms with van der Waals surface area (Å²) in [5, 5.41) is 0. The second-order valence-corrected chi connectivity index (χ2v) is 3.93. The highest BCUT2D eigenvalue weighted by atomic mass is 15.1. The third kappa shape index (κ3) is 3.78. The van der Waals surface area contributed by atoms with E-state index in [0.29, 0.717) is 0 Å². The number of nitrogens with zero attached hydrogens (tertiary/aromatic N) is 1. The van der Waals surface area contributed by atoms with E-state index >= 15 is 0 Å². The van der Waals surface area contributed by atoms with Gasteiger partial charge in [-0.15, -0.1) is 0 Å². The van der Waals surface area contributed by atoms with Crippen molar-refractivity contribution in [1.82, 2.24) is 0 Å². The van der Waals surface area contributed by atoms with Crippen molar-refractivity contribution in [2.75, 3.05) is 11.4 Å². The van der Waals surface area contributed by atoms with E-state index in [2.05, 4.69) is 49.6 Å². The van der Waals surface area contributed by atoms with Crippen molar-refractivity contribution in [1.29, 1.82) is 0 Å². The van der Waals surface area contributed by atoms with Crippen molar-refractivity contribution in [2.45, 2.75) is 33.1 Å². The van der Waals surface area contributed by atoms with E-state index in [1.54, 1.807) is 0 Å². The van der Waals surface area contributed by atoms with Gasteiger partial charge in [0.15, 0.2) is 0 Å². The molecule has 15 heavy (non-hydrogen) atoms. The Morgan fingerprint density at radius 2 is 1.87 bits per heavy atom. The molecule has 0 aromatic heterocycles. The van der Waals surface area contributed by atoms with Crippen LogP contribution in [0.2, 0.25) is 0 Å². The standard InChI is InChI=1S/C14H21N/c1-4-5-9-12-15(13(2)3)14-10-7-6-8-11-14/h6-8,10-11H,2,4-5,9,12H2,1,3H3. The highest BCUT2D eigenvalue weighted by molar-refractivity contribution is 5.50. The molecule has 0 bridgehead atoms. The smallest absolute Gasteiger partial charge is 0.0407 e. The van der Waals surface area contributed by atoms with Crippen LogP contribution in [-0.2, 0) is 0 Å². The molecule has 0 radical (unpaired) electrons. The molecule has 1 heteroatoms. The predicted molar refractivity (Wildman–Crippen MR) is 68.1 cm³/mol. The molecule has 0 unspecified atom stereocenters. The molecule has 0 aliphatic rings. The molecular weight excluding hydrogens is 182 g/mol. The zero-order valence-electron chi connectivity index (χ0n) is 9.87. The summed E-state index contributed by atoms with van der Waals surface area (Å²) in [6, 6.07) is 10.5. The molecule has 0 aliphatic heterocycles. The van der Waals surface area contributed by atoms with Crippen LogP contribution < -0.4 is 4.90 Å². The van der Waals surface area contributed by atoms with Crippen molar-refractivity contribution in [3.63, 3.8) is 0 Å². The number of benzene rings is 1. The molecule has 1 aromatic carbocycles. The number of rotatable bonds is 6. The van der Waals surface area contributed by atoms with Gasteiger partial charge in [0.1, 0.15) is 0 Å². The van der Waals surface area contributed by atoms with Gasteiger partial charge in [0, 0.05) is 17.9 Å². The van der Waals surface area contributed by atoms with Crippen molar-refractivity contribution in [2.24, 2.45) is 0 Å². The molecule has 0 aliphatic carbocycles. The van der Waals surface area contributed by atoms with Gasteiger partial charge in [-0.1, -0.05) is 44.5 Å². The summed E-state index contributed by atoms with van der Waals surface area (Å²) in [6.45, 7) is 9.41. The lowest BCUT2D eigenvalue weighted by atomic mass is 10.2. The van der Waals surface area contributed by atoms with Gasteiger partial charge in [0.2, 0.25) is 0 Å². The number of unbranched alkanes of at least 4 members (excludes halogenated alkanes) is 2. The largest absolute Gasteiger partial charge is 0.346 e. The third-order valence-electron chi connectivity index (χ3n) is 2.51. The maximum atomic E-state index is 4.04. The highest BCUT2D eigenvalue weighted by Gasteiger charge is 2.05. The van der Waals surface area contributed by atoms with Gasteiger partial charge in [-0.05, 0) is 25.5 Å². The molecule has 1 rings (SSSR count). The van der Waals surface area contributed by atoms with Crippen molar-refractivity contribution < 1.29 is 0 Å². The van der Waals surface area contributed by atoms with E-state index in [4.69, 9.17) is 0 Å². The topological polar surface area (TPSA) is 3.24 Å². The molecule has 0 amide bonds. The third-order valence-corrected chi connectivity index (χ3v) is 2.51. The average Bonchev–Trinajstić information content (AvgIpc) is 2.25. The van der Waals surface area contributed by atoms with Gasteiger partial charge < -0.3 is 4.90 Å². The predicted octanol–water partition coefficient (Wildman–Crippen LogP) is 4.22. The summed E-state index contributed by atoms with van der Waals surface area (Å²) in [7, 11) is 0. The van der Waals surface area contributed by atoms with E-state index in [1.807, 2.05) is 6.07 Å². The summed E-state index contributed by atoms with van der Waals surface area (Å²) in [4.78, 5) is 2.29. The normalized spacial score (nSPS) is 10.0. The van der Waals surface area contributed by atoms with Crippen molar-refractivity contribution in [3.8, 4) is 0 Å².